The van der Waals surface area contributed by atoms with Gasteiger partial charge in [0.25, 0.3) is 0 Å². The van der Waals surface area contributed by atoms with E-state index in [0.29, 0.717) is 0 Å². The lowest BCUT2D eigenvalue weighted by Crippen LogP contribution is -2.30. The molecule has 90 valence electrons. The van der Waals surface area contributed by atoms with Crippen LogP contribution in [0.2, 0.25) is 0 Å². The molecule has 0 saturated carbocycles. The van der Waals surface area contributed by atoms with E-state index >= 15 is 0 Å². The fourth-order valence-corrected chi connectivity index (χ4v) is 2.43. The van der Waals surface area contributed by atoms with Crippen molar-refractivity contribution in [2.24, 2.45) is 0 Å². The predicted octanol–water partition coefficient (Wildman–Crippen LogP) is 3.06. The van der Waals surface area contributed by atoms with E-state index in [0.717, 1.165) is 36.0 Å². The molecule has 17 heavy (non-hydrogen) atoms. The number of rotatable bonds is 2. The van der Waals surface area contributed by atoms with Crippen molar-refractivity contribution >= 4 is 27.6 Å². The zero-order chi connectivity index (χ0) is 12.3. The summed E-state index contributed by atoms with van der Waals surface area (Å²) in [4.78, 5) is 12.8. The number of carboxylic acids is 1. The lowest BCUT2D eigenvalue weighted by Gasteiger charge is -2.30. The molecule has 1 saturated heterocycles. The van der Waals surface area contributed by atoms with Crippen LogP contribution in [0.5, 0.6) is 0 Å². The summed E-state index contributed by atoms with van der Waals surface area (Å²) in [5.41, 5.74) is 2.22. The second-order valence-corrected chi connectivity index (χ2v) is 5.02. The summed E-state index contributed by atoms with van der Waals surface area (Å²) in [6.07, 6.45) is 3.01. The first kappa shape index (κ1) is 12.2. The number of halogens is 1. The van der Waals surface area contributed by atoms with Crippen LogP contribution in [0.1, 0.15) is 12.8 Å². The quantitative estimate of drug-likeness (QED) is 0.853. The molecule has 0 aliphatic carbocycles. The van der Waals surface area contributed by atoms with Crippen molar-refractivity contribution < 1.29 is 9.90 Å². The van der Waals surface area contributed by atoms with Gasteiger partial charge in [-0.05, 0) is 31.0 Å². The molecule has 0 aromatic heterocycles. The number of aliphatic carboxylic acids is 1. The van der Waals surface area contributed by atoms with E-state index in [1.165, 1.54) is 11.8 Å². The van der Waals surface area contributed by atoms with Crippen LogP contribution in [0, 0.1) is 0 Å². The molecule has 1 fully saturated rings. The molecular formula is C13H14BrNO2. The lowest BCUT2D eigenvalue weighted by molar-refractivity contribution is -0.131. The topological polar surface area (TPSA) is 40.5 Å². The maximum Gasteiger partial charge on any atom is 0.328 e. The average Bonchev–Trinajstić information content (AvgIpc) is 2.29. The van der Waals surface area contributed by atoms with Crippen LogP contribution in [0.3, 0.4) is 0 Å². The van der Waals surface area contributed by atoms with E-state index < -0.39 is 5.97 Å². The summed E-state index contributed by atoms with van der Waals surface area (Å²) in [7, 11) is 0. The van der Waals surface area contributed by atoms with E-state index in [1.807, 2.05) is 12.1 Å². The van der Waals surface area contributed by atoms with Crippen LogP contribution >= 0.6 is 15.9 Å². The third kappa shape index (κ3) is 3.33. The Morgan fingerprint density at radius 2 is 2.06 bits per heavy atom. The summed E-state index contributed by atoms with van der Waals surface area (Å²) < 4.78 is 1.07. The molecule has 0 bridgehead atoms. The highest BCUT2D eigenvalue weighted by Gasteiger charge is 2.15. The molecule has 0 radical (unpaired) electrons. The molecule has 1 heterocycles. The fraction of sp³-hybridized carbons (Fsp3) is 0.308. The summed E-state index contributed by atoms with van der Waals surface area (Å²) in [6.45, 7) is 1.77. The van der Waals surface area contributed by atoms with Crippen molar-refractivity contribution in [3.05, 3.63) is 40.4 Å². The normalized spacial score (nSPS) is 15.8. The van der Waals surface area contributed by atoms with Gasteiger partial charge in [-0.2, -0.15) is 0 Å². The number of anilines is 1. The van der Waals surface area contributed by atoms with Crippen molar-refractivity contribution in [1.82, 2.24) is 0 Å². The Balaban J connectivity index is 2.02. The van der Waals surface area contributed by atoms with E-state index in [2.05, 4.69) is 33.0 Å². The summed E-state index contributed by atoms with van der Waals surface area (Å²) in [6, 6.07) is 8.19. The summed E-state index contributed by atoms with van der Waals surface area (Å²) >= 11 is 3.46. The van der Waals surface area contributed by atoms with Crippen LogP contribution in [-0.2, 0) is 4.79 Å². The third-order valence-corrected chi connectivity index (χ3v) is 3.40. The van der Waals surface area contributed by atoms with Crippen LogP contribution in [0.15, 0.2) is 40.4 Å². The molecule has 3 nitrogen and oxygen atoms in total. The molecule has 4 heteroatoms. The van der Waals surface area contributed by atoms with Gasteiger partial charge in [-0.25, -0.2) is 4.79 Å². The summed E-state index contributed by atoms with van der Waals surface area (Å²) in [5, 5.41) is 8.69. The SMILES string of the molecule is O=C(O)C=C1CCN(c2cccc(Br)c2)CC1. The van der Waals surface area contributed by atoms with Crippen molar-refractivity contribution in [1.29, 1.82) is 0 Å². The van der Waals surface area contributed by atoms with E-state index in [4.69, 9.17) is 5.11 Å². The van der Waals surface area contributed by atoms with Crippen molar-refractivity contribution in [3.8, 4) is 0 Å². The van der Waals surface area contributed by atoms with Crippen LogP contribution in [-0.4, -0.2) is 24.2 Å². The Bertz CT molecular complexity index is 446. The largest absolute Gasteiger partial charge is 0.478 e. The minimum Gasteiger partial charge on any atom is -0.478 e. The Morgan fingerprint density at radius 3 is 2.65 bits per heavy atom. The number of carboxylic acid groups (broad SMARTS) is 1. The maximum atomic E-state index is 10.6. The second kappa shape index (κ2) is 5.36. The van der Waals surface area contributed by atoms with E-state index in [-0.39, 0.29) is 0 Å². The first-order valence-electron chi connectivity index (χ1n) is 5.58. The Morgan fingerprint density at radius 1 is 1.35 bits per heavy atom. The number of hydrogen-bond acceptors (Lipinski definition) is 2. The Labute approximate surface area is 109 Å². The first-order valence-corrected chi connectivity index (χ1v) is 6.37. The molecule has 0 unspecified atom stereocenters. The van der Waals surface area contributed by atoms with Gasteiger partial charge in [0.1, 0.15) is 0 Å². The number of piperidine rings is 1. The zero-order valence-electron chi connectivity index (χ0n) is 9.40. The number of carbonyl (C=O) groups is 1. The van der Waals surface area contributed by atoms with Crippen molar-refractivity contribution in [2.45, 2.75) is 12.8 Å². The van der Waals surface area contributed by atoms with Gasteiger partial charge in [-0.1, -0.05) is 27.6 Å². The Hall–Kier alpha value is -1.29. The molecule has 2 rings (SSSR count). The molecular weight excluding hydrogens is 282 g/mol. The molecule has 1 aliphatic heterocycles. The lowest BCUT2D eigenvalue weighted by atomic mass is 10.0. The van der Waals surface area contributed by atoms with Gasteiger partial charge >= 0.3 is 5.97 Å². The van der Waals surface area contributed by atoms with Crippen LogP contribution in [0.4, 0.5) is 5.69 Å². The first-order chi connectivity index (χ1) is 8.15. The van der Waals surface area contributed by atoms with Gasteiger partial charge in [0.2, 0.25) is 0 Å². The highest BCUT2D eigenvalue weighted by molar-refractivity contribution is 9.10. The van der Waals surface area contributed by atoms with Crippen LogP contribution in [0.25, 0.3) is 0 Å². The smallest absolute Gasteiger partial charge is 0.328 e. The maximum absolute atomic E-state index is 10.6. The highest BCUT2D eigenvalue weighted by Crippen LogP contribution is 2.25. The zero-order valence-corrected chi connectivity index (χ0v) is 11.0. The Kier molecular flexibility index (Phi) is 3.84. The predicted molar refractivity (Wildman–Crippen MR) is 71.3 cm³/mol. The molecule has 0 atom stereocenters. The minimum atomic E-state index is -0.837. The van der Waals surface area contributed by atoms with Crippen molar-refractivity contribution in [3.63, 3.8) is 0 Å². The average molecular weight is 296 g/mol. The number of hydrogen-bond donors (Lipinski definition) is 1. The molecule has 0 amide bonds. The van der Waals surface area contributed by atoms with Crippen LogP contribution < -0.4 is 4.90 Å². The fourth-order valence-electron chi connectivity index (χ4n) is 2.04. The minimum absolute atomic E-state index is 0.832. The van der Waals surface area contributed by atoms with Gasteiger partial charge in [0, 0.05) is 29.3 Å². The molecule has 1 N–H and O–H groups in total. The second-order valence-electron chi connectivity index (χ2n) is 4.11. The molecule has 1 aliphatic rings. The van der Waals surface area contributed by atoms with Gasteiger partial charge in [0.15, 0.2) is 0 Å². The number of benzene rings is 1. The van der Waals surface area contributed by atoms with Gasteiger partial charge in [0.05, 0.1) is 0 Å². The molecule has 1 aromatic rings. The van der Waals surface area contributed by atoms with Crippen molar-refractivity contribution in [2.75, 3.05) is 18.0 Å². The van der Waals surface area contributed by atoms with E-state index in [9.17, 15) is 4.79 Å². The van der Waals surface area contributed by atoms with Gasteiger partial charge in [-0.15, -0.1) is 0 Å². The number of nitrogens with zero attached hydrogens (tertiary/aromatic N) is 1. The molecule has 0 spiro atoms. The molecule has 1 aromatic carbocycles. The van der Waals surface area contributed by atoms with Gasteiger partial charge in [-0.3, -0.25) is 0 Å². The van der Waals surface area contributed by atoms with Gasteiger partial charge < -0.3 is 10.0 Å². The standard InChI is InChI=1S/C13H14BrNO2/c14-11-2-1-3-12(9-11)15-6-4-10(5-7-15)8-13(16)17/h1-3,8-9H,4-7H2,(H,16,17). The van der Waals surface area contributed by atoms with E-state index in [1.54, 1.807) is 0 Å². The third-order valence-electron chi connectivity index (χ3n) is 2.91. The highest BCUT2D eigenvalue weighted by atomic mass is 79.9. The summed E-state index contributed by atoms with van der Waals surface area (Å²) in [5.74, 6) is -0.837. The monoisotopic (exact) mass is 295 g/mol.